The van der Waals surface area contributed by atoms with E-state index in [4.69, 9.17) is 28.4 Å². The quantitative estimate of drug-likeness (QED) is 0.484. The van der Waals surface area contributed by atoms with Gasteiger partial charge in [-0.1, -0.05) is 30.3 Å². The molecule has 202 valence electrons. The lowest BCUT2D eigenvalue weighted by Gasteiger charge is -2.28. The zero-order chi connectivity index (χ0) is 26.8. The number of ether oxygens (including phenoxy) is 6. The van der Waals surface area contributed by atoms with Crippen LogP contribution in [0.5, 0.6) is 5.75 Å². The Balaban J connectivity index is 1.51. The van der Waals surface area contributed by atoms with Gasteiger partial charge in [0.25, 0.3) is 0 Å². The van der Waals surface area contributed by atoms with E-state index in [-0.39, 0.29) is 11.5 Å². The number of esters is 1. The minimum atomic E-state index is -4.16. The molecule has 11 heteroatoms. The Bertz CT molecular complexity index is 1180. The molecule has 2 saturated heterocycles. The summed E-state index contributed by atoms with van der Waals surface area (Å²) < 4.78 is 63.3. The first-order valence-electron chi connectivity index (χ1n) is 11.9. The van der Waals surface area contributed by atoms with Gasteiger partial charge in [-0.2, -0.15) is 4.72 Å². The van der Waals surface area contributed by atoms with Crippen LogP contribution in [0.25, 0.3) is 0 Å². The van der Waals surface area contributed by atoms with Gasteiger partial charge in [0, 0.05) is 0 Å². The second-order valence-corrected chi connectivity index (χ2v) is 11.5. The fraction of sp³-hybridized carbons (Fsp3) is 0.500. The average molecular weight is 536 g/mol. The number of hydrogen-bond acceptors (Lipinski definition) is 9. The van der Waals surface area contributed by atoms with E-state index in [1.54, 1.807) is 39.8 Å². The van der Waals surface area contributed by atoms with Crippen LogP contribution in [0.1, 0.15) is 33.3 Å². The summed E-state index contributed by atoms with van der Waals surface area (Å²) in [6.45, 7) is 7.41. The number of methoxy groups -OCH3 is 1. The summed E-state index contributed by atoms with van der Waals surface area (Å²) in [6, 6.07) is 14.1. The largest absolute Gasteiger partial charge is 0.489 e. The number of carbonyl (C=O) groups excluding carboxylic acids is 1. The van der Waals surface area contributed by atoms with Crippen molar-refractivity contribution in [2.45, 2.75) is 75.1 Å². The second-order valence-electron chi connectivity index (χ2n) is 9.80. The van der Waals surface area contributed by atoms with Crippen LogP contribution in [0.4, 0.5) is 0 Å². The molecule has 10 nitrogen and oxygen atoms in total. The highest BCUT2D eigenvalue weighted by Gasteiger charge is 2.54. The lowest BCUT2D eigenvalue weighted by molar-refractivity contribution is -0.175. The van der Waals surface area contributed by atoms with Crippen molar-refractivity contribution in [3.8, 4) is 5.75 Å². The van der Waals surface area contributed by atoms with Crippen molar-refractivity contribution in [1.82, 2.24) is 4.72 Å². The Hall–Kier alpha value is -2.54. The molecular formula is C26H33NO9S. The molecule has 2 aromatic rings. The van der Waals surface area contributed by atoms with Crippen LogP contribution in [-0.2, 0) is 45.1 Å². The van der Waals surface area contributed by atoms with E-state index >= 15 is 0 Å². The van der Waals surface area contributed by atoms with Gasteiger partial charge in [-0.15, -0.1) is 0 Å². The molecule has 1 N–H and O–H groups in total. The van der Waals surface area contributed by atoms with Gasteiger partial charge >= 0.3 is 5.97 Å². The molecule has 2 aliphatic rings. The molecule has 0 bridgehead atoms. The second kappa shape index (κ2) is 10.7. The summed E-state index contributed by atoms with van der Waals surface area (Å²) in [5, 5.41) is 0. The van der Waals surface area contributed by atoms with Crippen molar-refractivity contribution in [1.29, 1.82) is 0 Å². The summed E-state index contributed by atoms with van der Waals surface area (Å²) in [7, 11) is -2.98. The molecule has 0 amide bonds. The van der Waals surface area contributed by atoms with Crippen molar-refractivity contribution >= 4 is 16.0 Å². The molecule has 2 fully saturated rings. The molecule has 2 aromatic carbocycles. The van der Waals surface area contributed by atoms with Gasteiger partial charge in [0.05, 0.1) is 18.6 Å². The Kier molecular flexibility index (Phi) is 7.93. The van der Waals surface area contributed by atoms with Gasteiger partial charge in [0.2, 0.25) is 10.0 Å². The van der Waals surface area contributed by atoms with Crippen molar-refractivity contribution < 1.29 is 41.6 Å². The van der Waals surface area contributed by atoms with Gasteiger partial charge in [0.15, 0.2) is 11.6 Å². The highest BCUT2D eigenvalue weighted by molar-refractivity contribution is 7.89. The summed E-state index contributed by atoms with van der Waals surface area (Å²) in [4.78, 5) is 12.8. The zero-order valence-electron chi connectivity index (χ0n) is 21.5. The maximum absolute atomic E-state index is 13.3. The summed E-state index contributed by atoms with van der Waals surface area (Å²) >= 11 is 0. The zero-order valence-corrected chi connectivity index (χ0v) is 22.3. The third-order valence-corrected chi connectivity index (χ3v) is 7.47. The number of benzene rings is 2. The molecule has 2 aliphatic heterocycles. The molecule has 0 unspecified atom stereocenters. The van der Waals surface area contributed by atoms with Crippen LogP contribution < -0.4 is 9.46 Å². The van der Waals surface area contributed by atoms with Crippen LogP contribution in [0.3, 0.4) is 0 Å². The predicted octanol–water partition coefficient (Wildman–Crippen LogP) is 2.76. The van der Waals surface area contributed by atoms with Gasteiger partial charge < -0.3 is 28.4 Å². The molecule has 0 aliphatic carbocycles. The first-order chi connectivity index (χ1) is 17.4. The molecule has 2 heterocycles. The lowest BCUT2D eigenvalue weighted by Crippen LogP contribution is -2.55. The summed E-state index contributed by atoms with van der Waals surface area (Å²) in [5.41, 5.74) is 0.984. The molecule has 4 rings (SSSR count). The van der Waals surface area contributed by atoms with Crippen molar-refractivity contribution in [2.24, 2.45) is 0 Å². The molecule has 0 aromatic heterocycles. The van der Waals surface area contributed by atoms with E-state index in [0.717, 1.165) is 5.56 Å². The van der Waals surface area contributed by atoms with E-state index in [9.17, 15) is 13.2 Å². The lowest BCUT2D eigenvalue weighted by atomic mass is 10.0. The molecule has 0 spiro atoms. The van der Waals surface area contributed by atoms with E-state index in [2.05, 4.69) is 4.72 Å². The minimum Gasteiger partial charge on any atom is -0.489 e. The first-order valence-corrected chi connectivity index (χ1v) is 13.4. The van der Waals surface area contributed by atoms with Gasteiger partial charge in [-0.25, -0.2) is 8.42 Å². The average Bonchev–Trinajstić information content (AvgIpc) is 3.39. The Morgan fingerprint density at radius 1 is 1.00 bits per heavy atom. The number of carbonyl (C=O) groups is 1. The van der Waals surface area contributed by atoms with Gasteiger partial charge in [-0.05, 0) is 57.5 Å². The van der Waals surface area contributed by atoms with E-state index < -0.39 is 51.9 Å². The SMILES string of the molecule is COC(=O)[C@H](NS(=O)(=O)c1ccc(OCc2ccccc2)cc1)[C@@H]1OC(C)(C)O[C@H]1[C@@H]1COC(C)(C)O1. The van der Waals surface area contributed by atoms with Crippen LogP contribution in [-0.4, -0.2) is 64.0 Å². The molecule has 0 saturated carbocycles. The highest BCUT2D eigenvalue weighted by atomic mass is 32.2. The maximum Gasteiger partial charge on any atom is 0.326 e. The van der Waals surface area contributed by atoms with Gasteiger partial charge in [-0.3, -0.25) is 4.79 Å². The van der Waals surface area contributed by atoms with Crippen LogP contribution >= 0.6 is 0 Å². The predicted molar refractivity (Wildman–Crippen MR) is 132 cm³/mol. The van der Waals surface area contributed by atoms with E-state index in [0.29, 0.717) is 12.4 Å². The smallest absolute Gasteiger partial charge is 0.326 e. The van der Waals surface area contributed by atoms with Crippen LogP contribution in [0.15, 0.2) is 59.5 Å². The standard InChI is InChI=1S/C26H33NO9S/c1-25(2)33-16-20(34-25)22-23(36-26(3,4)35-22)21(24(28)31-5)27-37(29,30)19-13-11-18(12-14-19)32-15-17-9-7-6-8-10-17/h6-14,20-23,27H,15-16H2,1-5H3/t20-,21+,22-,23-/m0/s1. The van der Waals surface area contributed by atoms with Crippen LogP contribution in [0, 0.1) is 0 Å². The Morgan fingerprint density at radius 3 is 2.27 bits per heavy atom. The number of nitrogens with one attached hydrogen (secondary N) is 1. The highest BCUT2D eigenvalue weighted by Crippen LogP contribution is 2.37. The third kappa shape index (κ3) is 6.67. The van der Waals surface area contributed by atoms with Crippen molar-refractivity contribution in [3.63, 3.8) is 0 Å². The van der Waals surface area contributed by atoms with Gasteiger partial charge in [0.1, 0.15) is 36.7 Å². The fourth-order valence-electron chi connectivity index (χ4n) is 4.31. The Morgan fingerprint density at radius 2 is 1.68 bits per heavy atom. The van der Waals surface area contributed by atoms with Crippen LogP contribution in [0.2, 0.25) is 0 Å². The monoisotopic (exact) mass is 535 g/mol. The molecular weight excluding hydrogens is 502 g/mol. The molecule has 4 atom stereocenters. The summed E-state index contributed by atoms with van der Waals surface area (Å²) in [6.07, 6.45) is -2.41. The fourth-order valence-corrected chi connectivity index (χ4v) is 5.50. The topological polar surface area (TPSA) is 119 Å². The van der Waals surface area contributed by atoms with Crippen molar-refractivity contribution in [3.05, 3.63) is 60.2 Å². The third-order valence-electron chi connectivity index (χ3n) is 6.01. The first kappa shape index (κ1) is 27.5. The maximum atomic E-state index is 13.3. The molecule has 37 heavy (non-hydrogen) atoms. The number of sulfonamides is 1. The van der Waals surface area contributed by atoms with E-state index in [1.807, 2.05) is 30.3 Å². The normalized spacial score (nSPS) is 25.5. The number of hydrogen-bond donors (Lipinski definition) is 1. The molecule has 0 radical (unpaired) electrons. The minimum absolute atomic E-state index is 0.0511. The number of rotatable bonds is 9. The van der Waals surface area contributed by atoms with Crippen molar-refractivity contribution in [2.75, 3.05) is 13.7 Å². The van der Waals surface area contributed by atoms with E-state index in [1.165, 1.54) is 19.2 Å². The summed E-state index contributed by atoms with van der Waals surface area (Å²) in [5.74, 6) is -2.26. The Labute approximate surface area is 217 Å².